The number of nitrogens with one attached hydrogen (secondary N) is 1. The maximum absolute atomic E-state index is 11.8. The number of rotatable bonds is 5. The van der Waals surface area contributed by atoms with Gasteiger partial charge in [0.25, 0.3) is 5.91 Å². The van der Waals surface area contributed by atoms with Crippen molar-refractivity contribution in [2.24, 2.45) is 0 Å². The normalized spacial score (nSPS) is 11.9. The molecule has 0 bridgehead atoms. The molecule has 0 aliphatic rings. The average Bonchev–Trinajstić information content (AvgIpc) is 2.26. The van der Waals surface area contributed by atoms with E-state index in [9.17, 15) is 9.59 Å². The van der Waals surface area contributed by atoms with Crippen molar-refractivity contribution < 1.29 is 19.8 Å². The van der Waals surface area contributed by atoms with Crippen LogP contribution in [0, 0.1) is 0 Å². The summed E-state index contributed by atoms with van der Waals surface area (Å²) in [5, 5.41) is 20.1. The molecule has 0 spiro atoms. The van der Waals surface area contributed by atoms with E-state index in [2.05, 4.69) is 5.32 Å². The van der Waals surface area contributed by atoms with Gasteiger partial charge in [-0.15, -0.1) is 0 Å². The summed E-state index contributed by atoms with van der Waals surface area (Å²) in [5.74, 6) is -1.82. The first-order valence-corrected chi connectivity index (χ1v) is 5.52. The fourth-order valence-electron chi connectivity index (χ4n) is 1.37. The lowest BCUT2D eigenvalue weighted by atomic mass is 10.1. The van der Waals surface area contributed by atoms with Gasteiger partial charge in [0.2, 0.25) is 0 Å². The quantitative estimate of drug-likeness (QED) is 0.583. The first kappa shape index (κ1) is 14.3. The van der Waals surface area contributed by atoms with Crippen LogP contribution < -0.4 is 11.1 Å². The zero-order valence-corrected chi connectivity index (χ0v) is 10.1. The first-order chi connectivity index (χ1) is 8.43. The van der Waals surface area contributed by atoms with E-state index in [1.165, 1.54) is 18.2 Å². The third-order valence-electron chi connectivity index (χ3n) is 2.20. The van der Waals surface area contributed by atoms with Gasteiger partial charge < -0.3 is 21.3 Å². The molecule has 1 unspecified atom stereocenters. The number of aliphatic hydroxyl groups is 1. The van der Waals surface area contributed by atoms with Crippen molar-refractivity contribution in [2.45, 2.75) is 12.5 Å². The summed E-state index contributed by atoms with van der Waals surface area (Å²) in [5.41, 5.74) is 6.00. The van der Waals surface area contributed by atoms with Crippen LogP contribution in [-0.2, 0) is 4.79 Å². The van der Waals surface area contributed by atoms with E-state index >= 15 is 0 Å². The first-order valence-electron chi connectivity index (χ1n) is 5.14. The molecule has 5 N–H and O–H groups in total. The van der Waals surface area contributed by atoms with Gasteiger partial charge in [0, 0.05) is 29.3 Å². The Morgan fingerprint density at radius 2 is 2.06 bits per heavy atom. The highest BCUT2D eigenvalue weighted by Gasteiger charge is 2.20. The third-order valence-corrected chi connectivity index (χ3v) is 2.42. The van der Waals surface area contributed by atoms with Crippen LogP contribution in [-0.4, -0.2) is 34.7 Å². The molecular formula is C11H13ClN2O4. The monoisotopic (exact) mass is 272 g/mol. The number of nitrogens with two attached hydrogens (primary N) is 1. The zero-order chi connectivity index (χ0) is 13.7. The second-order valence-corrected chi connectivity index (χ2v) is 4.09. The SMILES string of the molecule is Nc1cc(Cl)cc(C(=O)NC(CCO)C(=O)O)c1. The maximum Gasteiger partial charge on any atom is 0.326 e. The number of carbonyl (C=O) groups excluding carboxylic acids is 1. The number of benzene rings is 1. The minimum Gasteiger partial charge on any atom is -0.480 e. The molecule has 18 heavy (non-hydrogen) atoms. The molecular weight excluding hydrogens is 260 g/mol. The standard InChI is InChI=1S/C11H13ClN2O4/c12-7-3-6(4-8(13)5-7)10(16)14-9(1-2-15)11(17)18/h3-5,9,15H,1-2,13H2,(H,14,16)(H,17,18). The summed E-state index contributed by atoms with van der Waals surface area (Å²) >= 11 is 5.74. The Morgan fingerprint density at radius 1 is 1.39 bits per heavy atom. The molecule has 0 aliphatic carbocycles. The zero-order valence-electron chi connectivity index (χ0n) is 9.39. The van der Waals surface area contributed by atoms with Crippen LogP contribution in [0.4, 0.5) is 5.69 Å². The average molecular weight is 273 g/mol. The van der Waals surface area contributed by atoms with Gasteiger partial charge in [-0.1, -0.05) is 11.6 Å². The van der Waals surface area contributed by atoms with Crippen LogP contribution in [0.2, 0.25) is 5.02 Å². The second-order valence-electron chi connectivity index (χ2n) is 3.65. The smallest absolute Gasteiger partial charge is 0.326 e. The number of amides is 1. The molecule has 0 aliphatic heterocycles. The predicted molar refractivity (Wildman–Crippen MR) is 66.5 cm³/mol. The third kappa shape index (κ3) is 3.90. The number of halogens is 1. The van der Waals surface area contributed by atoms with Crippen molar-refractivity contribution in [2.75, 3.05) is 12.3 Å². The van der Waals surface area contributed by atoms with Crippen molar-refractivity contribution >= 4 is 29.2 Å². The van der Waals surface area contributed by atoms with Crippen LogP contribution in [0.15, 0.2) is 18.2 Å². The number of carbonyl (C=O) groups is 2. The molecule has 1 aromatic rings. The number of aliphatic hydroxyl groups excluding tert-OH is 1. The number of aliphatic carboxylic acids is 1. The molecule has 1 atom stereocenters. The van der Waals surface area contributed by atoms with Crippen molar-refractivity contribution in [1.29, 1.82) is 0 Å². The van der Waals surface area contributed by atoms with E-state index < -0.39 is 17.9 Å². The summed E-state index contributed by atoms with van der Waals surface area (Å²) in [4.78, 5) is 22.6. The van der Waals surface area contributed by atoms with Gasteiger partial charge in [-0.2, -0.15) is 0 Å². The highest BCUT2D eigenvalue weighted by atomic mass is 35.5. The van der Waals surface area contributed by atoms with Gasteiger partial charge in [0.1, 0.15) is 6.04 Å². The van der Waals surface area contributed by atoms with Gasteiger partial charge in [0.15, 0.2) is 0 Å². The number of carboxylic acids is 1. The summed E-state index contributed by atoms with van der Waals surface area (Å²) in [6, 6.07) is 3.09. The largest absolute Gasteiger partial charge is 0.480 e. The van der Waals surface area contributed by atoms with E-state index in [4.69, 9.17) is 27.5 Å². The summed E-state index contributed by atoms with van der Waals surface area (Å²) in [6.07, 6.45) is -0.0723. The van der Waals surface area contributed by atoms with E-state index in [0.29, 0.717) is 5.69 Å². The highest BCUT2D eigenvalue weighted by Crippen LogP contribution is 2.16. The highest BCUT2D eigenvalue weighted by molar-refractivity contribution is 6.31. The number of nitrogen functional groups attached to an aromatic ring is 1. The molecule has 1 aromatic carbocycles. The van der Waals surface area contributed by atoms with Crippen molar-refractivity contribution in [3.8, 4) is 0 Å². The summed E-state index contributed by atoms with van der Waals surface area (Å²) in [6.45, 7) is -0.338. The molecule has 0 radical (unpaired) electrons. The van der Waals surface area contributed by atoms with E-state index in [1.807, 2.05) is 0 Å². The molecule has 1 amide bonds. The minimum atomic E-state index is -1.22. The maximum atomic E-state index is 11.8. The van der Waals surface area contributed by atoms with Gasteiger partial charge in [-0.3, -0.25) is 4.79 Å². The van der Waals surface area contributed by atoms with Crippen molar-refractivity contribution in [1.82, 2.24) is 5.32 Å². The minimum absolute atomic E-state index is 0.0723. The van der Waals surface area contributed by atoms with Crippen LogP contribution in [0.3, 0.4) is 0 Å². The number of hydrogen-bond acceptors (Lipinski definition) is 4. The van der Waals surface area contributed by atoms with Crippen LogP contribution in [0.5, 0.6) is 0 Å². The lowest BCUT2D eigenvalue weighted by Gasteiger charge is -2.13. The Balaban J connectivity index is 2.83. The molecule has 0 heterocycles. The number of anilines is 1. The predicted octanol–water partition coefficient (Wildman–Crippen LogP) is 0.488. The molecule has 98 valence electrons. The van der Waals surface area contributed by atoms with E-state index in [0.717, 1.165) is 0 Å². The van der Waals surface area contributed by atoms with Gasteiger partial charge >= 0.3 is 5.97 Å². The number of carboxylic acid groups (broad SMARTS) is 1. The van der Waals surface area contributed by atoms with Crippen LogP contribution >= 0.6 is 11.6 Å². The molecule has 7 heteroatoms. The lowest BCUT2D eigenvalue weighted by Crippen LogP contribution is -2.41. The van der Waals surface area contributed by atoms with E-state index in [-0.39, 0.29) is 23.6 Å². The topological polar surface area (TPSA) is 113 Å². The molecule has 0 saturated carbocycles. The van der Waals surface area contributed by atoms with Gasteiger partial charge in [0.05, 0.1) is 0 Å². The molecule has 1 rings (SSSR count). The fourth-order valence-corrected chi connectivity index (χ4v) is 1.62. The van der Waals surface area contributed by atoms with Crippen molar-refractivity contribution in [3.05, 3.63) is 28.8 Å². The fraction of sp³-hybridized carbons (Fsp3) is 0.273. The van der Waals surface area contributed by atoms with Crippen LogP contribution in [0.1, 0.15) is 16.8 Å². The van der Waals surface area contributed by atoms with Gasteiger partial charge in [-0.25, -0.2) is 4.79 Å². The Bertz CT molecular complexity index is 444. The lowest BCUT2D eigenvalue weighted by molar-refractivity contribution is -0.139. The van der Waals surface area contributed by atoms with Crippen molar-refractivity contribution in [3.63, 3.8) is 0 Å². The summed E-state index contributed by atoms with van der Waals surface area (Å²) in [7, 11) is 0. The van der Waals surface area contributed by atoms with E-state index in [1.54, 1.807) is 0 Å². The van der Waals surface area contributed by atoms with Gasteiger partial charge in [-0.05, 0) is 18.2 Å². The Hall–Kier alpha value is -1.79. The Kier molecular flexibility index (Phi) is 4.94. The molecule has 0 fully saturated rings. The summed E-state index contributed by atoms with van der Waals surface area (Å²) < 4.78 is 0. The molecule has 0 aromatic heterocycles. The molecule has 0 saturated heterocycles. The number of hydrogen-bond donors (Lipinski definition) is 4. The molecule has 6 nitrogen and oxygen atoms in total. The Morgan fingerprint density at radius 3 is 2.56 bits per heavy atom. The second kappa shape index (κ2) is 6.23. The van der Waals surface area contributed by atoms with Crippen LogP contribution in [0.25, 0.3) is 0 Å². The Labute approximate surface area is 108 Å².